The van der Waals surface area contributed by atoms with Crippen molar-refractivity contribution in [3.8, 4) is 0 Å². The average molecular weight is 509 g/mol. The smallest absolute Gasteiger partial charge is 0.191 e. The number of guanidine groups is 1. The Balaban J connectivity index is 0.00000364. The lowest BCUT2D eigenvalue weighted by molar-refractivity contribution is 0.136. The van der Waals surface area contributed by atoms with Crippen molar-refractivity contribution in [1.82, 2.24) is 25.4 Å². The molecule has 0 amide bonds. The number of likely N-dealkylation sites (N-methyl/N-ethyl adjacent to an activating group) is 1. The molecule has 27 heavy (non-hydrogen) atoms. The summed E-state index contributed by atoms with van der Waals surface area (Å²) in [4.78, 5) is 14.3. The van der Waals surface area contributed by atoms with Gasteiger partial charge in [0.1, 0.15) is 0 Å². The van der Waals surface area contributed by atoms with E-state index in [1.807, 2.05) is 0 Å². The molecular formula is C19H37IN6S. The minimum absolute atomic E-state index is 0. The number of unbranched alkanes of at least 4 members (excludes halogenated alkanes) is 1. The van der Waals surface area contributed by atoms with Gasteiger partial charge in [-0.2, -0.15) is 0 Å². The lowest BCUT2D eigenvalue weighted by Gasteiger charge is -2.33. The Kier molecular flexibility index (Phi) is 13.2. The van der Waals surface area contributed by atoms with Crippen LogP contribution in [0.15, 0.2) is 10.4 Å². The topological polar surface area (TPSA) is 55.8 Å². The first-order chi connectivity index (χ1) is 12.7. The zero-order chi connectivity index (χ0) is 18.6. The largest absolute Gasteiger partial charge is 0.357 e. The molecule has 2 rings (SSSR count). The predicted molar refractivity (Wildman–Crippen MR) is 128 cm³/mol. The number of thiazole rings is 1. The van der Waals surface area contributed by atoms with Gasteiger partial charge in [0.05, 0.1) is 10.7 Å². The third-order valence-corrected chi connectivity index (χ3v) is 5.57. The van der Waals surface area contributed by atoms with Crippen LogP contribution in [-0.4, -0.2) is 79.6 Å². The van der Waals surface area contributed by atoms with Crippen LogP contribution in [0.3, 0.4) is 0 Å². The van der Waals surface area contributed by atoms with Gasteiger partial charge in [-0.1, -0.05) is 6.92 Å². The van der Waals surface area contributed by atoms with E-state index in [1.54, 1.807) is 11.3 Å². The summed E-state index contributed by atoms with van der Waals surface area (Å²) in [7, 11) is 0. The van der Waals surface area contributed by atoms with Crippen LogP contribution in [0, 0.1) is 6.92 Å². The Morgan fingerprint density at radius 1 is 1.15 bits per heavy atom. The summed E-state index contributed by atoms with van der Waals surface area (Å²) in [6.45, 7) is 16.3. The number of aromatic nitrogens is 1. The molecule has 0 aliphatic carbocycles. The molecule has 0 saturated carbocycles. The van der Waals surface area contributed by atoms with Crippen LogP contribution in [0.5, 0.6) is 0 Å². The van der Waals surface area contributed by atoms with E-state index in [0.717, 1.165) is 43.4 Å². The normalized spacial score (nSPS) is 16.2. The number of nitrogens with zero attached hydrogens (tertiary/aromatic N) is 4. The van der Waals surface area contributed by atoms with Crippen LogP contribution < -0.4 is 10.6 Å². The molecule has 1 aromatic rings. The molecule has 0 atom stereocenters. The Morgan fingerprint density at radius 2 is 1.89 bits per heavy atom. The molecule has 1 aliphatic heterocycles. The highest BCUT2D eigenvalue weighted by molar-refractivity contribution is 14.0. The van der Waals surface area contributed by atoms with E-state index >= 15 is 0 Å². The molecule has 0 unspecified atom stereocenters. The van der Waals surface area contributed by atoms with Gasteiger partial charge in [0.15, 0.2) is 5.96 Å². The third kappa shape index (κ3) is 10.0. The van der Waals surface area contributed by atoms with Gasteiger partial charge in [-0.3, -0.25) is 4.99 Å². The van der Waals surface area contributed by atoms with Crippen LogP contribution in [0.2, 0.25) is 0 Å². The van der Waals surface area contributed by atoms with Crippen molar-refractivity contribution in [2.45, 2.75) is 40.0 Å². The summed E-state index contributed by atoms with van der Waals surface area (Å²) in [5.41, 5.74) is 1.17. The van der Waals surface area contributed by atoms with Crippen molar-refractivity contribution in [2.24, 2.45) is 4.99 Å². The van der Waals surface area contributed by atoms with E-state index in [1.165, 1.54) is 51.4 Å². The first kappa shape index (κ1) is 24.6. The van der Waals surface area contributed by atoms with E-state index in [0.29, 0.717) is 0 Å². The first-order valence-electron chi connectivity index (χ1n) is 10.1. The fourth-order valence-electron chi connectivity index (χ4n) is 3.14. The van der Waals surface area contributed by atoms with E-state index in [2.05, 4.69) is 51.6 Å². The van der Waals surface area contributed by atoms with E-state index in [-0.39, 0.29) is 24.0 Å². The average Bonchev–Trinajstić information content (AvgIpc) is 3.07. The van der Waals surface area contributed by atoms with Crippen molar-refractivity contribution in [3.63, 3.8) is 0 Å². The van der Waals surface area contributed by atoms with E-state index in [9.17, 15) is 0 Å². The maximum Gasteiger partial charge on any atom is 0.191 e. The summed E-state index contributed by atoms with van der Waals surface area (Å²) in [5.74, 6) is 0.927. The molecule has 1 aromatic heterocycles. The fraction of sp³-hybridized carbons (Fsp3) is 0.789. The number of nitrogens with one attached hydrogen (secondary N) is 2. The Hall–Kier alpha value is -0.450. The lowest BCUT2D eigenvalue weighted by atomic mass is 10.2. The number of aliphatic imine (C=N–C) groups is 1. The molecule has 0 radical (unpaired) electrons. The van der Waals surface area contributed by atoms with Gasteiger partial charge in [0, 0.05) is 57.6 Å². The molecule has 0 bridgehead atoms. The summed E-state index contributed by atoms with van der Waals surface area (Å²) >= 11 is 1.71. The van der Waals surface area contributed by atoms with Gasteiger partial charge in [-0.05, 0) is 39.8 Å². The van der Waals surface area contributed by atoms with Crippen LogP contribution >= 0.6 is 35.3 Å². The molecular weight excluding hydrogens is 471 g/mol. The van der Waals surface area contributed by atoms with Crippen molar-refractivity contribution >= 4 is 41.3 Å². The van der Waals surface area contributed by atoms with Crippen molar-refractivity contribution in [2.75, 3.05) is 58.9 Å². The summed E-state index contributed by atoms with van der Waals surface area (Å²) in [5, 5.41) is 10.0. The molecule has 8 heteroatoms. The zero-order valence-electron chi connectivity index (χ0n) is 17.2. The summed E-state index contributed by atoms with van der Waals surface area (Å²) in [6, 6.07) is 0. The molecule has 0 aromatic carbocycles. The summed E-state index contributed by atoms with van der Waals surface area (Å²) in [6.07, 6.45) is 3.32. The number of hydrogen-bond donors (Lipinski definition) is 2. The number of aryl methyl sites for hydroxylation is 1. The van der Waals surface area contributed by atoms with Gasteiger partial charge in [0.25, 0.3) is 0 Å². The standard InChI is InChI=1S/C19H36N6S.HI/c1-4-20-19(22-10-8-18-16-26-17(3)23-18)21-9-6-7-11-25-14-12-24(5-2)13-15-25;/h16H,4-15H2,1-3H3,(H2,20,21,22);1H. The monoisotopic (exact) mass is 508 g/mol. The van der Waals surface area contributed by atoms with Crippen molar-refractivity contribution < 1.29 is 0 Å². The van der Waals surface area contributed by atoms with Crippen LogP contribution in [0.1, 0.15) is 37.4 Å². The zero-order valence-corrected chi connectivity index (χ0v) is 20.3. The second-order valence-electron chi connectivity index (χ2n) is 6.78. The quantitative estimate of drug-likeness (QED) is 0.220. The van der Waals surface area contributed by atoms with Crippen molar-refractivity contribution in [3.05, 3.63) is 16.1 Å². The minimum atomic E-state index is 0. The van der Waals surface area contributed by atoms with Gasteiger partial charge in [-0.25, -0.2) is 4.98 Å². The van der Waals surface area contributed by atoms with Gasteiger partial charge >= 0.3 is 0 Å². The maximum absolute atomic E-state index is 4.71. The molecule has 156 valence electrons. The highest BCUT2D eigenvalue weighted by Crippen LogP contribution is 2.07. The highest BCUT2D eigenvalue weighted by Gasteiger charge is 2.14. The highest BCUT2D eigenvalue weighted by atomic mass is 127. The van der Waals surface area contributed by atoms with Crippen LogP contribution in [-0.2, 0) is 6.42 Å². The molecule has 2 N–H and O–H groups in total. The number of rotatable bonds is 10. The number of hydrogen-bond acceptors (Lipinski definition) is 5. The van der Waals surface area contributed by atoms with Gasteiger partial charge in [-0.15, -0.1) is 35.3 Å². The SMILES string of the molecule is CCNC(=NCCCCN1CCN(CC)CC1)NCCc1csc(C)n1.I. The Morgan fingerprint density at radius 3 is 2.52 bits per heavy atom. The molecule has 2 heterocycles. The second-order valence-corrected chi connectivity index (χ2v) is 7.84. The Bertz CT molecular complexity index is 528. The van der Waals surface area contributed by atoms with E-state index in [4.69, 9.17) is 4.99 Å². The molecule has 0 spiro atoms. The van der Waals surface area contributed by atoms with Crippen LogP contribution in [0.25, 0.3) is 0 Å². The third-order valence-electron chi connectivity index (χ3n) is 4.75. The van der Waals surface area contributed by atoms with Gasteiger partial charge in [0.2, 0.25) is 0 Å². The second kappa shape index (κ2) is 14.5. The predicted octanol–water partition coefficient (Wildman–Crippen LogP) is 2.58. The molecule has 1 fully saturated rings. The Labute approximate surface area is 186 Å². The number of halogens is 1. The molecule has 6 nitrogen and oxygen atoms in total. The van der Waals surface area contributed by atoms with E-state index < -0.39 is 0 Å². The fourth-order valence-corrected chi connectivity index (χ4v) is 3.79. The van der Waals surface area contributed by atoms with Crippen molar-refractivity contribution in [1.29, 1.82) is 0 Å². The molecule has 1 saturated heterocycles. The minimum Gasteiger partial charge on any atom is -0.357 e. The van der Waals surface area contributed by atoms with Gasteiger partial charge < -0.3 is 20.4 Å². The number of piperazine rings is 1. The maximum atomic E-state index is 4.71. The first-order valence-corrected chi connectivity index (χ1v) is 11.0. The molecule has 1 aliphatic rings. The summed E-state index contributed by atoms with van der Waals surface area (Å²) < 4.78 is 0. The lowest BCUT2D eigenvalue weighted by Crippen LogP contribution is -2.46. The van der Waals surface area contributed by atoms with Crippen LogP contribution in [0.4, 0.5) is 0 Å².